The van der Waals surface area contributed by atoms with E-state index in [4.69, 9.17) is 5.73 Å². The van der Waals surface area contributed by atoms with Gasteiger partial charge in [0.05, 0.1) is 11.0 Å². The fraction of sp³-hybridized carbons (Fsp3) is 0. The minimum absolute atomic E-state index is 0.179. The van der Waals surface area contributed by atoms with Gasteiger partial charge >= 0.3 is 0 Å². The molecule has 0 saturated carbocycles. The fourth-order valence-corrected chi connectivity index (χ4v) is 2.66. The number of nitrogens with two attached hydrogens (primary N) is 1. The molecule has 0 saturated heterocycles. The second-order valence-electron chi connectivity index (χ2n) is 5.76. The summed E-state index contributed by atoms with van der Waals surface area (Å²) in [6, 6.07) is 22.3. The van der Waals surface area contributed by atoms with E-state index in [1.165, 1.54) is 0 Å². The number of imidazole rings is 1. The van der Waals surface area contributed by atoms with Gasteiger partial charge in [0.15, 0.2) is 0 Å². The zero-order chi connectivity index (χ0) is 17.2. The van der Waals surface area contributed by atoms with Crippen LogP contribution >= 0.6 is 0 Å². The van der Waals surface area contributed by atoms with Gasteiger partial charge < -0.3 is 16.0 Å². The average molecular weight is 328 g/mol. The summed E-state index contributed by atoms with van der Waals surface area (Å²) in [5.41, 5.74) is 10.3. The molecule has 0 fully saturated rings. The predicted molar refractivity (Wildman–Crippen MR) is 100 cm³/mol. The smallest absolute Gasteiger partial charge is 0.255 e. The highest BCUT2D eigenvalue weighted by molar-refractivity contribution is 6.05. The summed E-state index contributed by atoms with van der Waals surface area (Å²) in [5.74, 6) is 0.625. The lowest BCUT2D eigenvalue weighted by atomic mass is 10.2. The molecule has 122 valence electrons. The van der Waals surface area contributed by atoms with E-state index in [0.717, 1.165) is 22.4 Å². The molecule has 4 N–H and O–H groups in total. The maximum Gasteiger partial charge on any atom is 0.255 e. The molecule has 1 amide bonds. The predicted octanol–water partition coefficient (Wildman–Crippen LogP) is 4.06. The molecule has 0 aliphatic carbocycles. The number of nitrogens with zero attached hydrogens (tertiary/aromatic N) is 1. The largest absolute Gasteiger partial charge is 0.399 e. The molecule has 1 heterocycles. The molecule has 0 radical (unpaired) electrons. The van der Waals surface area contributed by atoms with Crippen LogP contribution in [0.15, 0.2) is 72.8 Å². The van der Waals surface area contributed by atoms with Gasteiger partial charge in [0, 0.05) is 22.5 Å². The van der Waals surface area contributed by atoms with Gasteiger partial charge in [0.1, 0.15) is 5.82 Å². The standard InChI is InChI=1S/C20H16N4O/c21-15-8-6-14(7-9-15)20(25)22-16-10-11-17-18(12-16)24-19(23-17)13-4-2-1-3-5-13/h1-12H,21H2,(H,22,25)(H,23,24). The van der Waals surface area contributed by atoms with Crippen molar-refractivity contribution in [2.45, 2.75) is 0 Å². The van der Waals surface area contributed by atoms with E-state index in [2.05, 4.69) is 15.3 Å². The molecule has 25 heavy (non-hydrogen) atoms. The van der Waals surface area contributed by atoms with Gasteiger partial charge in [-0.05, 0) is 42.5 Å². The van der Waals surface area contributed by atoms with Crippen LogP contribution in [-0.4, -0.2) is 15.9 Å². The van der Waals surface area contributed by atoms with Gasteiger partial charge in [-0.25, -0.2) is 4.98 Å². The summed E-state index contributed by atoms with van der Waals surface area (Å²) in [7, 11) is 0. The van der Waals surface area contributed by atoms with Gasteiger partial charge in [0.25, 0.3) is 5.91 Å². The molecule has 3 aromatic carbocycles. The van der Waals surface area contributed by atoms with Crippen molar-refractivity contribution in [3.05, 3.63) is 78.4 Å². The number of anilines is 2. The summed E-state index contributed by atoms with van der Waals surface area (Å²) >= 11 is 0. The molecule has 4 rings (SSSR count). The molecule has 5 heteroatoms. The summed E-state index contributed by atoms with van der Waals surface area (Å²) in [4.78, 5) is 20.2. The molecule has 5 nitrogen and oxygen atoms in total. The molecule has 0 aliphatic heterocycles. The quantitative estimate of drug-likeness (QED) is 0.496. The Morgan fingerprint density at radius 2 is 1.72 bits per heavy atom. The minimum Gasteiger partial charge on any atom is -0.399 e. The first kappa shape index (κ1) is 15.0. The molecule has 0 aliphatic rings. The van der Waals surface area contributed by atoms with Crippen LogP contribution in [0, 0.1) is 0 Å². The maximum atomic E-state index is 12.3. The number of rotatable bonds is 3. The first-order valence-corrected chi connectivity index (χ1v) is 7.91. The zero-order valence-corrected chi connectivity index (χ0v) is 13.4. The SMILES string of the molecule is Nc1ccc(C(=O)Nc2ccc3nc(-c4ccccc4)[nH]c3c2)cc1. The number of carbonyl (C=O) groups is 1. The third kappa shape index (κ3) is 3.07. The van der Waals surface area contributed by atoms with Crippen molar-refractivity contribution < 1.29 is 4.79 Å². The second-order valence-corrected chi connectivity index (χ2v) is 5.76. The second kappa shape index (κ2) is 6.13. The van der Waals surface area contributed by atoms with E-state index in [1.807, 2.05) is 48.5 Å². The van der Waals surface area contributed by atoms with Crippen molar-refractivity contribution in [2.75, 3.05) is 11.1 Å². The number of amides is 1. The van der Waals surface area contributed by atoms with Gasteiger partial charge in [-0.1, -0.05) is 30.3 Å². The molecular formula is C20H16N4O. The van der Waals surface area contributed by atoms with Crippen molar-refractivity contribution in [1.82, 2.24) is 9.97 Å². The van der Waals surface area contributed by atoms with Crippen molar-refractivity contribution in [3.8, 4) is 11.4 Å². The normalized spacial score (nSPS) is 10.7. The number of fused-ring (bicyclic) bond motifs is 1. The van der Waals surface area contributed by atoms with Crippen LogP contribution in [-0.2, 0) is 0 Å². The van der Waals surface area contributed by atoms with Crippen LogP contribution in [0.1, 0.15) is 10.4 Å². The average Bonchev–Trinajstić information content (AvgIpc) is 3.06. The van der Waals surface area contributed by atoms with E-state index in [1.54, 1.807) is 24.3 Å². The molecule has 0 bridgehead atoms. The first-order chi connectivity index (χ1) is 12.2. The maximum absolute atomic E-state index is 12.3. The van der Waals surface area contributed by atoms with Crippen LogP contribution in [0.2, 0.25) is 0 Å². The fourth-order valence-electron chi connectivity index (χ4n) is 2.66. The number of carbonyl (C=O) groups excluding carboxylic acids is 1. The van der Waals surface area contributed by atoms with Gasteiger partial charge in [-0.15, -0.1) is 0 Å². The summed E-state index contributed by atoms with van der Waals surface area (Å²) in [6.45, 7) is 0. The van der Waals surface area contributed by atoms with E-state index < -0.39 is 0 Å². The number of aromatic amines is 1. The Morgan fingerprint density at radius 1 is 0.960 bits per heavy atom. The van der Waals surface area contributed by atoms with Crippen molar-refractivity contribution >= 4 is 28.3 Å². The number of hydrogen-bond acceptors (Lipinski definition) is 3. The van der Waals surface area contributed by atoms with Crippen LogP contribution in [0.5, 0.6) is 0 Å². The number of nitrogens with one attached hydrogen (secondary N) is 2. The minimum atomic E-state index is -0.179. The lowest BCUT2D eigenvalue weighted by molar-refractivity contribution is 0.102. The highest BCUT2D eigenvalue weighted by Crippen LogP contribution is 2.23. The molecule has 0 spiro atoms. The summed E-state index contributed by atoms with van der Waals surface area (Å²) < 4.78 is 0. The highest BCUT2D eigenvalue weighted by atomic mass is 16.1. The van der Waals surface area contributed by atoms with Crippen molar-refractivity contribution in [2.24, 2.45) is 0 Å². The van der Waals surface area contributed by atoms with Crippen LogP contribution in [0.3, 0.4) is 0 Å². The van der Waals surface area contributed by atoms with Gasteiger partial charge in [-0.2, -0.15) is 0 Å². The topological polar surface area (TPSA) is 83.8 Å². The number of nitrogen functional groups attached to an aromatic ring is 1. The lowest BCUT2D eigenvalue weighted by Crippen LogP contribution is -2.11. The zero-order valence-electron chi connectivity index (χ0n) is 13.4. The third-order valence-electron chi connectivity index (χ3n) is 3.96. The summed E-state index contributed by atoms with van der Waals surface area (Å²) in [5, 5.41) is 2.89. The third-order valence-corrected chi connectivity index (χ3v) is 3.96. The highest BCUT2D eigenvalue weighted by Gasteiger charge is 2.09. The number of H-pyrrole nitrogens is 1. The van der Waals surface area contributed by atoms with Gasteiger partial charge in [-0.3, -0.25) is 4.79 Å². The molecule has 0 unspecified atom stereocenters. The summed E-state index contributed by atoms with van der Waals surface area (Å²) in [6.07, 6.45) is 0. The van der Waals surface area contributed by atoms with Crippen LogP contribution < -0.4 is 11.1 Å². The van der Waals surface area contributed by atoms with Crippen molar-refractivity contribution in [1.29, 1.82) is 0 Å². The Kier molecular flexibility index (Phi) is 3.67. The Balaban J connectivity index is 1.61. The van der Waals surface area contributed by atoms with Crippen LogP contribution in [0.4, 0.5) is 11.4 Å². The Hall–Kier alpha value is -3.60. The molecule has 4 aromatic rings. The number of benzene rings is 3. The van der Waals surface area contributed by atoms with E-state index in [0.29, 0.717) is 16.9 Å². The van der Waals surface area contributed by atoms with E-state index in [9.17, 15) is 4.79 Å². The Bertz CT molecular complexity index is 1040. The molecule has 1 aromatic heterocycles. The van der Waals surface area contributed by atoms with Crippen LogP contribution in [0.25, 0.3) is 22.4 Å². The monoisotopic (exact) mass is 328 g/mol. The Morgan fingerprint density at radius 3 is 2.48 bits per heavy atom. The lowest BCUT2D eigenvalue weighted by Gasteiger charge is -2.05. The van der Waals surface area contributed by atoms with E-state index in [-0.39, 0.29) is 5.91 Å². The van der Waals surface area contributed by atoms with E-state index >= 15 is 0 Å². The van der Waals surface area contributed by atoms with Gasteiger partial charge in [0.2, 0.25) is 0 Å². The first-order valence-electron chi connectivity index (χ1n) is 7.91. The molecular weight excluding hydrogens is 312 g/mol. The number of aromatic nitrogens is 2. The molecule has 0 atom stereocenters. The Labute approximate surface area is 144 Å². The van der Waals surface area contributed by atoms with Crippen molar-refractivity contribution in [3.63, 3.8) is 0 Å². The number of hydrogen-bond donors (Lipinski definition) is 3.